The Morgan fingerprint density at radius 2 is 2.08 bits per heavy atom. The van der Waals surface area contributed by atoms with Gasteiger partial charge in [0.2, 0.25) is 0 Å². The van der Waals surface area contributed by atoms with Crippen molar-refractivity contribution in [3.63, 3.8) is 0 Å². The van der Waals surface area contributed by atoms with Gasteiger partial charge < -0.3 is 10.6 Å². The van der Waals surface area contributed by atoms with Crippen LogP contribution in [0.2, 0.25) is 0 Å². The molecule has 1 radical (unpaired) electrons. The summed E-state index contributed by atoms with van der Waals surface area (Å²) < 4.78 is 0. The lowest BCUT2D eigenvalue weighted by molar-refractivity contribution is 0.234. The van der Waals surface area contributed by atoms with Crippen molar-refractivity contribution in [1.82, 2.24) is 10.6 Å². The summed E-state index contributed by atoms with van der Waals surface area (Å²) in [5.41, 5.74) is 0. The Bertz CT molecular complexity index is 153. The number of amides is 2. The summed E-state index contributed by atoms with van der Waals surface area (Å²) in [5, 5.41) is 5.68. The maximum Gasteiger partial charge on any atom is 0.315 e. The van der Waals surface area contributed by atoms with Crippen molar-refractivity contribution in [2.24, 2.45) is 0 Å². The molecular formula is C10H19N2O. The Balaban J connectivity index is 2.11. The van der Waals surface area contributed by atoms with E-state index in [0.29, 0.717) is 6.04 Å². The zero-order chi connectivity index (χ0) is 9.52. The molecule has 0 heterocycles. The molecule has 0 unspecified atom stereocenters. The third kappa shape index (κ3) is 4.15. The SMILES string of the molecule is CC[CH]NC(=O)NC1CCCCC1. The molecule has 1 saturated carbocycles. The van der Waals surface area contributed by atoms with Crippen molar-refractivity contribution >= 4 is 6.03 Å². The van der Waals surface area contributed by atoms with Crippen molar-refractivity contribution < 1.29 is 4.79 Å². The van der Waals surface area contributed by atoms with Crippen LogP contribution in [0, 0.1) is 6.54 Å². The standard InChI is InChI=1S/C10H19N2O/c1-2-8-11-10(13)12-9-6-4-3-5-7-9/h8-9H,2-7H2,1H3,(H2,11,12,13). The van der Waals surface area contributed by atoms with Crippen molar-refractivity contribution in [2.45, 2.75) is 51.5 Å². The molecule has 13 heavy (non-hydrogen) atoms. The van der Waals surface area contributed by atoms with Gasteiger partial charge in [-0.25, -0.2) is 4.79 Å². The van der Waals surface area contributed by atoms with Crippen LogP contribution in [-0.4, -0.2) is 12.1 Å². The molecule has 0 aliphatic heterocycles. The topological polar surface area (TPSA) is 41.1 Å². The normalized spacial score (nSPS) is 18.2. The van der Waals surface area contributed by atoms with E-state index in [0.717, 1.165) is 19.3 Å². The number of hydrogen-bond acceptors (Lipinski definition) is 1. The molecule has 0 aromatic rings. The van der Waals surface area contributed by atoms with E-state index in [9.17, 15) is 4.79 Å². The fourth-order valence-corrected chi connectivity index (χ4v) is 1.67. The lowest BCUT2D eigenvalue weighted by Gasteiger charge is -2.22. The van der Waals surface area contributed by atoms with Gasteiger partial charge in [0.05, 0.1) is 6.54 Å². The molecule has 1 rings (SSSR count). The van der Waals surface area contributed by atoms with Gasteiger partial charge in [-0.2, -0.15) is 0 Å². The van der Waals surface area contributed by atoms with Crippen LogP contribution in [0.1, 0.15) is 45.4 Å². The number of rotatable bonds is 3. The van der Waals surface area contributed by atoms with Crippen LogP contribution in [0.5, 0.6) is 0 Å². The highest BCUT2D eigenvalue weighted by Gasteiger charge is 2.14. The van der Waals surface area contributed by atoms with E-state index in [2.05, 4.69) is 10.6 Å². The quantitative estimate of drug-likeness (QED) is 0.692. The lowest BCUT2D eigenvalue weighted by atomic mass is 9.96. The highest BCUT2D eigenvalue weighted by atomic mass is 16.2. The number of urea groups is 1. The Hall–Kier alpha value is -0.730. The number of carbonyl (C=O) groups is 1. The van der Waals surface area contributed by atoms with E-state index in [1.165, 1.54) is 19.3 Å². The van der Waals surface area contributed by atoms with Crippen LogP contribution >= 0.6 is 0 Å². The van der Waals surface area contributed by atoms with Gasteiger partial charge in [-0.1, -0.05) is 26.2 Å². The molecule has 3 nitrogen and oxygen atoms in total. The first-order valence-corrected chi connectivity index (χ1v) is 5.21. The maximum atomic E-state index is 11.2. The molecule has 0 saturated heterocycles. The molecule has 0 atom stereocenters. The molecule has 1 aliphatic rings. The predicted octanol–water partition coefficient (Wildman–Crippen LogP) is 2.19. The molecule has 0 spiro atoms. The van der Waals surface area contributed by atoms with E-state index in [4.69, 9.17) is 0 Å². The van der Waals surface area contributed by atoms with Gasteiger partial charge in [-0.3, -0.25) is 0 Å². The smallest absolute Gasteiger partial charge is 0.315 e. The van der Waals surface area contributed by atoms with Crippen molar-refractivity contribution in [3.8, 4) is 0 Å². The third-order valence-electron chi connectivity index (χ3n) is 2.38. The monoisotopic (exact) mass is 183 g/mol. The Kier molecular flexibility index (Phi) is 4.65. The summed E-state index contributed by atoms with van der Waals surface area (Å²) in [6.45, 7) is 3.78. The summed E-state index contributed by atoms with van der Waals surface area (Å²) in [5.74, 6) is 0. The molecule has 0 aromatic heterocycles. The summed E-state index contributed by atoms with van der Waals surface area (Å²) in [6, 6.07) is 0.354. The van der Waals surface area contributed by atoms with Gasteiger partial charge in [0, 0.05) is 6.04 Å². The summed E-state index contributed by atoms with van der Waals surface area (Å²) in [6.07, 6.45) is 6.98. The third-order valence-corrected chi connectivity index (χ3v) is 2.38. The van der Waals surface area contributed by atoms with E-state index in [1.54, 1.807) is 6.54 Å². The second-order valence-electron chi connectivity index (χ2n) is 3.57. The van der Waals surface area contributed by atoms with Gasteiger partial charge in [0.25, 0.3) is 0 Å². The number of hydrogen-bond donors (Lipinski definition) is 2. The number of nitrogens with one attached hydrogen (secondary N) is 2. The summed E-state index contributed by atoms with van der Waals surface area (Å²) in [7, 11) is 0. The van der Waals surface area contributed by atoms with E-state index >= 15 is 0 Å². The van der Waals surface area contributed by atoms with Crippen molar-refractivity contribution in [1.29, 1.82) is 0 Å². The van der Waals surface area contributed by atoms with E-state index < -0.39 is 0 Å². The van der Waals surface area contributed by atoms with E-state index in [1.807, 2.05) is 6.92 Å². The molecule has 3 heteroatoms. The van der Waals surface area contributed by atoms with Crippen LogP contribution < -0.4 is 10.6 Å². The number of carbonyl (C=O) groups excluding carboxylic acids is 1. The molecule has 75 valence electrons. The minimum Gasteiger partial charge on any atom is -0.335 e. The molecule has 0 bridgehead atoms. The zero-order valence-electron chi connectivity index (χ0n) is 8.31. The average Bonchev–Trinajstić information content (AvgIpc) is 2.16. The highest BCUT2D eigenvalue weighted by molar-refractivity contribution is 5.74. The molecule has 1 aliphatic carbocycles. The molecule has 2 amide bonds. The van der Waals surface area contributed by atoms with Gasteiger partial charge in [-0.15, -0.1) is 0 Å². The van der Waals surface area contributed by atoms with Crippen LogP contribution in [0.15, 0.2) is 0 Å². The molecule has 0 aromatic carbocycles. The molecule has 1 fully saturated rings. The minimum atomic E-state index is -0.0475. The predicted molar refractivity (Wildman–Crippen MR) is 53.1 cm³/mol. The zero-order valence-corrected chi connectivity index (χ0v) is 8.31. The Labute approximate surface area is 80.3 Å². The molecular weight excluding hydrogens is 164 g/mol. The summed E-state index contributed by atoms with van der Waals surface area (Å²) >= 11 is 0. The highest BCUT2D eigenvalue weighted by Crippen LogP contribution is 2.16. The fraction of sp³-hybridized carbons (Fsp3) is 0.800. The average molecular weight is 183 g/mol. The van der Waals surface area contributed by atoms with Crippen LogP contribution in [0.4, 0.5) is 4.79 Å². The van der Waals surface area contributed by atoms with Crippen LogP contribution in [0.25, 0.3) is 0 Å². The largest absolute Gasteiger partial charge is 0.335 e. The van der Waals surface area contributed by atoms with Gasteiger partial charge >= 0.3 is 6.03 Å². The van der Waals surface area contributed by atoms with Crippen LogP contribution in [0.3, 0.4) is 0 Å². The summed E-state index contributed by atoms with van der Waals surface area (Å²) in [4.78, 5) is 11.2. The second kappa shape index (κ2) is 5.84. The Morgan fingerprint density at radius 1 is 1.38 bits per heavy atom. The second-order valence-corrected chi connectivity index (χ2v) is 3.57. The van der Waals surface area contributed by atoms with Gasteiger partial charge in [-0.05, 0) is 19.3 Å². The first-order valence-electron chi connectivity index (χ1n) is 5.21. The first kappa shape index (κ1) is 10.4. The van der Waals surface area contributed by atoms with Crippen LogP contribution in [-0.2, 0) is 0 Å². The lowest BCUT2D eigenvalue weighted by Crippen LogP contribution is -2.41. The van der Waals surface area contributed by atoms with Gasteiger partial charge in [0.1, 0.15) is 0 Å². The molecule has 2 N–H and O–H groups in total. The minimum absolute atomic E-state index is 0.0475. The van der Waals surface area contributed by atoms with E-state index in [-0.39, 0.29) is 6.03 Å². The van der Waals surface area contributed by atoms with Gasteiger partial charge in [0.15, 0.2) is 0 Å². The van der Waals surface area contributed by atoms with Crippen molar-refractivity contribution in [2.75, 3.05) is 0 Å². The van der Waals surface area contributed by atoms with Crippen molar-refractivity contribution in [3.05, 3.63) is 6.54 Å². The Morgan fingerprint density at radius 3 is 2.69 bits per heavy atom. The first-order chi connectivity index (χ1) is 6.33. The fourth-order valence-electron chi connectivity index (χ4n) is 1.67. The maximum absolute atomic E-state index is 11.2.